The number of benzene rings is 1. The molecule has 0 saturated heterocycles. The summed E-state index contributed by atoms with van der Waals surface area (Å²) < 4.78 is 7.59. The monoisotopic (exact) mass is 286 g/mol. The molecule has 2 aromatic rings. The molecule has 1 aromatic heterocycles. The van der Waals surface area contributed by atoms with Crippen molar-refractivity contribution < 1.29 is 14.6 Å². The average molecular weight is 286 g/mol. The maximum atomic E-state index is 12.6. The normalized spacial score (nSPS) is 18.1. The number of carbonyl (C=O) groups excluding carboxylic acids is 1. The van der Waals surface area contributed by atoms with Crippen molar-refractivity contribution in [3.63, 3.8) is 0 Å². The molecule has 5 heteroatoms. The third kappa shape index (κ3) is 2.78. The maximum Gasteiger partial charge on any atom is 0.254 e. The Kier molecular flexibility index (Phi) is 3.66. The fourth-order valence-corrected chi connectivity index (χ4v) is 2.68. The lowest BCUT2D eigenvalue weighted by molar-refractivity contribution is 0.0459. The summed E-state index contributed by atoms with van der Waals surface area (Å²) in [5.41, 5.74) is 1.58. The zero-order chi connectivity index (χ0) is 14.8. The lowest BCUT2D eigenvalue weighted by Gasteiger charge is -2.23. The number of ether oxygens (including phenoxy) is 1. The smallest absolute Gasteiger partial charge is 0.254 e. The van der Waals surface area contributed by atoms with Gasteiger partial charge in [-0.25, -0.2) is 0 Å². The second-order valence-electron chi connectivity index (χ2n) is 5.25. The van der Waals surface area contributed by atoms with E-state index in [-0.39, 0.29) is 17.8 Å². The molecular weight excluding hydrogens is 268 g/mol. The Morgan fingerprint density at radius 3 is 2.90 bits per heavy atom. The molecule has 110 valence electrons. The van der Waals surface area contributed by atoms with Crippen molar-refractivity contribution in [3.8, 4) is 5.75 Å². The van der Waals surface area contributed by atoms with Crippen LogP contribution in [-0.2, 0) is 17.8 Å². The van der Waals surface area contributed by atoms with E-state index in [1.54, 1.807) is 30.2 Å². The first-order valence-electron chi connectivity index (χ1n) is 6.92. The lowest BCUT2D eigenvalue weighted by Crippen LogP contribution is -2.36. The van der Waals surface area contributed by atoms with Crippen LogP contribution in [-0.4, -0.2) is 40.2 Å². The highest BCUT2D eigenvalue weighted by Gasteiger charge is 2.25. The fraction of sp³-hybridized carbons (Fsp3) is 0.312. The van der Waals surface area contributed by atoms with Gasteiger partial charge >= 0.3 is 0 Å². The van der Waals surface area contributed by atoms with Crippen LogP contribution in [0, 0.1) is 0 Å². The number of phenols is 1. The lowest BCUT2D eigenvalue weighted by atomic mass is 10.1. The molecule has 1 atom stereocenters. The number of methoxy groups -OCH3 is 1. The van der Waals surface area contributed by atoms with Gasteiger partial charge in [0.15, 0.2) is 0 Å². The fourth-order valence-electron chi connectivity index (χ4n) is 2.68. The number of carbonyl (C=O) groups is 1. The Balaban J connectivity index is 1.88. The van der Waals surface area contributed by atoms with Crippen LogP contribution in [0.1, 0.15) is 16.1 Å². The average Bonchev–Trinajstić information content (AvgIpc) is 2.84. The van der Waals surface area contributed by atoms with E-state index < -0.39 is 0 Å². The largest absolute Gasteiger partial charge is 0.508 e. The van der Waals surface area contributed by atoms with Gasteiger partial charge in [0, 0.05) is 31.1 Å². The van der Waals surface area contributed by atoms with Gasteiger partial charge in [0.1, 0.15) is 5.75 Å². The van der Waals surface area contributed by atoms with Gasteiger partial charge < -0.3 is 19.3 Å². The van der Waals surface area contributed by atoms with Gasteiger partial charge in [-0.1, -0.05) is 6.07 Å². The van der Waals surface area contributed by atoms with E-state index in [9.17, 15) is 9.90 Å². The minimum atomic E-state index is -0.0948. The molecular formula is C16H18N2O3. The van der Waals surface area contributed by atoms with Gasteiger partial charge in [0.25, 0.3) is 5.91 Å². The van der Waals surface area contributed by atoms with Crippen LogP contribution in [0.25, 0.3) is 0 Å². The molecule has 0 radical (unpaired) electrons. The van der Waals surface area contributed by atoms with Gasteiger partial charge in [-0.05, 0) is 30.3 Å². The highest BCUT2D eigenvalue weighted by molar-refractivity contribution is 5.94. The van der Waals surface area contributed by atoms with Crippen LogP contribution in [0.4, 0.5) is 0 Å². The Morgan fingerprint density at radius 2 is 2.14 bits per heavy atom. The maximum absolute atomic E-state index is 12.6. The van der Waals surface area contributed by atoms with Gasteiger partial charge in [-0.15, -0.1) is 0 Å². The molecule has 0 fully saturated rings. The Morgan fingerprint density at radius 1 is 1.29 bits per heavy atom. The highest BCUT2D eigenvalue weighted by Crippen LogP contribution is 2.19. The molecule has 5 nitrogen and oxygen atoms in total. The molecule has 1 aromatic carbocycles. The van der Waals surface area contributed by atoms with E-state index in [1.165, 1.54) is 6.07 Å². The van der Waals surface area contributed by atoms with E-state index in [2.05, 4.69) is 4.57 Å². The highest BCUT2D eigenvalue weighted by atomic mass is 16.5. The van der Waals surface area contributed by atoms with Crippen molar-refractivity contribution in [2.45, 2.75) is 19.2 Å². The molecule has 1 aliphatic heterocycles. The van der Waals surface area contributed by atoms with Gasteiger partial charge in [0.05, 0.1) is 19.2 Å². The molecule has 0 bridgehead atoms. The summed E-state index contributed by atoms with van der Waals surface area (Å²) in [6, 6.07) is 10.4. The van der Waals surface area contributed by atoms with Crippen LogP contribution < -0.4 is 0 Å². The first-order valence-corrected chi connectivity index (χ1v) is 6.92. The van der Waals surface area contributed by atoms with Crippen LogP contribution in [0.15, 0.2) is 42.6 Å². The van der Waals surface area contributed by atoms with Crippen LogP contribution in [0.2, 0.25) is 0 Å². The van der Waals surface area contributed by atoms with Crippen molar-refractivity contribution in [2.24, 2.45) is 0 Å². The van der Waals surface area contributed by atoms with Gasteiger partial charge in [-0.2, -0.15) is 0 Å². The molecule has 0 spiro atoms. The summed E-state index contributed by atoms with van der Waals surface area (Å²) >= 11 is 0. The second kappa shape index (κ2) is 5.61. The third-order valence-corrected chi connectivity index (χ3v) is 3.81. The summed E-state index contributed by atoms with van der Waals surface area (Å²) in [6.45, 7) is 1.82. The van der Waals surface area contributed by atoms with Crippen molar-refractivity contribution in [2.75, 3.05) is 13.7 Å². The third-order valence-electron chi connectivity index (χ3n) is 3.81. The van der Waals surface area contributed by atoms with Crippen molar-refractivity contribution >= 4 is 5.91 Å². The topological polar surface area (TPSA) is 54.7 Å². The summed E-state index contributed by atoms with van der Waals surface area (Å²) in [5.74, 6) is 0.00457. The second-order valence-corrected chi connectivity index (χ2v) is 5.25. The summed E-state index contributed by atoms with van der Waals surface area (Å²) in [4.78, 5) is 14.4. The van der Waals surface area contributed by atoms with E-state index >= 15 is 0 Å². The molecule has 3 rings (SSSR count). The molecule has 21 heavy (non-hydrogen) atoms. The molecule has 0 aliphatic carbocycles. The first-order chi connectivity index (χ1) is 10.2. The standard InChI is InChI=1S/C16H18N2O3/c1-21-15-10-17-7-3-5-13(17)9-18(11-15)16(20)12-4-2-6-14(19)8-12/h2-8,15,19H,9-11H2,1H3. The van der Waals surface area contributed by atoms with Crippen molar-refractivity contribution in [1.29, 1.82) is 0 Å². The van der Waals surface area contributed by atoms with Crippen LogP contribution in [0.3, 0.4) is 0 Å². The molecule has 1 N–H and O–H groups in total. The number of aromatic hydroxyl groups is 1. The molecule has 2 heterocycles. The summed E-state index contributed by atoms with van der Waals surface area (Å²) in [7, 11) is 1.66. The SMILES string of the molecule is COC1CN(C(=O)c2cccc(O)c2)Cc2cccn2C1. The Labute approximate surface area is 123 Å². The van der Waals surface area contributed by atoms with E-state index in [4.69, 9.17) is 4.74 Å². The number of hydrogen-bond donors (Lipinski definition) is 1. The molecule has 0 saturated carbocycles. The van der Waals surface area contributed by atoms with Gasteiger partial charge in [-0.3, -0.25) is 4.79 Å². The number of aromatic nitrogens is 1. The number of rotatable bonds is 2. The predicted molar refractivity (Wildman–Crippen MR) is 78.1 cm³/mol. The number of phenolic OH excluding ortho intramolecular Hbond substituents is 1. The van der Waals surface area contributed by atoms with Crippen LogP contribution in [0.5, 0.6) is 5.75 Å². The zero-order valence-electron chi connectivity index (χ0n) is 11.9. The van der Waals surface area contributed by atoms with E-state index in [1.807, 2.05) is 18.3 Å². The summed E-state index contributed by atoms with van der Waals surface area (Å²) in [6.07, 6.45) is 1.96. The number of nitrogens with zero attached hydrogens (tertiary/aromatic N) is 2. The Hall–Kier alpha value is -2.27. The van der Waals surface area contributed by atoms with Gasteiger partial charge in [0.2, 0.25) is 0 Å². The minimum Gasteiger partial charge on any atom is -0.508 e. The first kappa shape index (κ1) is 13.7. The quantitative estimate of drug-likeness (QED) is 0.917. The zero-order valence-corrected chi connectivity index (χ0v) is 11.9. The van der Waals surface area contributed by atoms with Crippen LogP contribution >= 0.6 is 0 Å². The number of fused-ring (bicyclic) bond motifs is 1. The predicted octanol–water partition coefficient (Wildman–Crippen LogP) is 1.86. The summed E-state index contributed by atoms with van der Waals surface area (Å²) in [5, 5.41) is 9.54. The molecule has 1 aliphatic rings. The molecule has 1 unspecified atom stereocenters. The van der Waals surface area contributed by atoms with E-state index in [0.29, 0.717) is 18.7 Å². The number of amides is 1. The van der Waals surface area contributed by atoms with E-state index in [0.717, 1.165) is 12.2 Å². The Bertz CT molecular complexity index is 650. The minimum absolute atomic E-state index is 0.0418. The number of hydrogen-bond acceptors (Lipinski definition) is 3. The molecule has 1 amide bonds. The van der Waals surface area contributed by atoms with Crippen molar-refractivity contribution in [3.05, 3.63) is 53.9 Å². The van der Waals surface area contributed by atoms with Crippen molar-refractivity contribution in [1.82, 2.24) is 9.47 Å².